The molecule has 2 N–H and O–H groups in total. The molecule has 0 radical (unpaired) electrons. The van der Waals surface area contributed by atoms with Crippen LogP contribution in [0.5, 0.6) is 11.5 Å². The predicted octanol–water partition coefficient (Wildman–Crippen LogP) is 1.32. The standard InChI is InChI=1S/C9H9NO6/c1-4-7(11)6(10(14)15)3-5(9(12)13)8(4)16-2/h3,11H,1-2H3,(H,12,13). The van der Waals surface area contributed by atoms with E-state index >= 15 is 0 Å². The van der Waals surface area contributed by atoms with Crippen molar-refractivity contribution in [3.63, 3.8) is 0 Å². The van der Waals surface area contributed by atoms with Crippen LogP contribution in [-0.4, -0.2) is 28.2 Å². The first kappa shape index (κ1) is 11.8. The first-order valence-electron chi connectivity index (χ1n) is 4.18. The van der Waals surface area contributed by atoms with Gasteiger partial charge in [0.2, 0.25) is 5.75 Å². The lowest BCUT2D eigenvalue weighted by Crippen LogP contribution is -2.04. The number of ether oxygens (including phenoxy) is 1. The van der Waals surface area contributed by atoms with E-state index < -0.39 is 22.3 Å². The molecule has 0 fully saturated rings. The van der Waals surface area contributed by atoms with Gasteiger partial charge in [-0.15, -0.1) is 0 Å². The van der Waals surface area contributed by atoms with Gasteiger partial charge in [-0.2, -0.15) is 0 Å². The minimum absolute atomic E-state index is 0.0223. The highest BCUT2D eigenvalue weighted by Crippen LogP contribution is 2.38. The summed E-state index contributed by atoms with van der Waals surface area (Å²) in [6.45, 7) is 1.34. The van der Waals surface area contributed by atoms with Gasteiger partial charge in [-0.05, 0) is 6.92 Å². The molecule has 0 saturated carbocycles. The van der Waals surface area contributed by atoms with Crippen LogP contribution in [0.2, 0.25) is 0 Å². The molecular formula is C9H9NO6. The number of carboxylic acids is 1. The van der Waals surface area contributed by atoms with Crippen LogP contribution in [0.1, 0.15) is 15.9 Å². The minimum atomic E-state index is -1.36. The zero-order chi connectivity index (χ0) is 12.5. The predicted molar refractivity (Wildman–Crippen MR) is 53.0 cm³/mol. The molecule has 86 valence electrons. The van der Waals surface area contributed by atoms with Crippen LogP contribution >= 0.6 is 0 Å². The first-order chi connectivity index (χ1) is 7.40. The van der Waals surface area contributed by atoms with E-state index in [2.05, 4.69) is 0 Å². The van der Waals surface area contributed by atoms with Crippen molar-refractivity contribution in [2.75, 3.05) is 7.11 Å². The maximum Gasteiger partial charge on any atom is 0.339 e. The van der Waals surface area contributed by atoms with Crippen molar-refractivity contribution in [1.82, 2.24) is 0 Å². The second-order valence-corrected chi connectivity index (χ2v) is 3.01. The van der Waals surface area contributed by atoms with E-state index in [1.54, 1.807) is 0 Å². The van der Waals surface area contributed by atoms with Crippen molar-refractivity contribution < 1.29 is 24.7 Å². The van der Waals surface area contributed by atoms with Crippen LogP contribution in [0.3, 0.4) is 0 Å². The number of aromatic hydroxyl groups is 1. The first-order valence-corrected chi connectivity index (χ1v) is 4.18. The highest BCUT2D eigenvalue weighted by atomic mass is 16.6. The third-order valence-electron chi connectivity index (χ3n) is 2.10. The van der Waals surface area contributed by atoms with Gasteiger partial charge in [-0.3, -0.25) is 10.1 Å². The average molecular weight is 227 g/mol. The van der Waals surface area contributed by atoms with E-state index in [0.717, 1.165) is 6.07 Å². The minimum Gasteiger partial charge on any atom is -0.502 e. The lowest BCUT2D eigenvalue weighted by molar-refractivity contribution is -0.386. The van der Waals surface area contributed by atoms with Crippen LogP contribution in [0.25, 0.3) is 0 Å². The van der Waals surface area contributed by atoms with E-state index in [-0.39, 0.29) is 16.9 Å². The number of phenols is 1. The van der Waals surface area contributed by atoms with Crippen molar-refractivity contribution in [3.05, 3.63) is 27.3 Å². The number of hydrogen-bond donors (Lipinski definition) is 2. The molecule has 0 bridgehead atoms. The summed E-state index contributed by atoms with van der Waals surface area (Å²) >= 11 is 0. The molecule has 0 unspecified atom stereocenters. The number of carbonyl (C=O) groups is 1. The quantitative estimate of drug-likeness (QED) is 0.595. The van der Waals surface area contributed by atoms with Gasteiger partial charge in [-0.25, -0.2) is 4.79 Å². The molecular weight excluding hydrogens is 218 g/mol. The van der Waals surface area contributed by atoms with Crippen molar-refractivity contribution in [1.29, 1.82) is 0 Å². The molecule has 1 aromatic rings. The second kappa shape index (κ2) is 4.05. The fourth-order valence-electron chi connectivity index (χ4n) is 1.33. The highest BCUT2D eigenvalue weighted by molar-refractivity contribution is 5.93. The molecule has 0 atom stereocenters. The third kappa shape index (κ3) is 1.74. The number of aromatic carboxylic acids is 1. The van der Waals surface area contributed by atoms with Gasteiger partial charge in [0.05, 0.1) is 12.0 Å². The van der Waals surface area contributed by atoms with Crippen molar-refractivity contribution >= 4 is 11.7 Å². The molecule has 0 aliphatic rings. The summed E-state index contributed by atoms with van der Waals surface area (Å²) in [7, 11) is 1.22. The summed E-state index contributed by atoms with van der Waals surface area (Å²) < 4.78 is 4.79. The number of phenolic OH excluding ortho intramolecular Hbond substituents is 1. The lowest BCUT2D eigenvalue weighted by atomic mass is 10.1. The Balaban J connectivity index is 3.62. The monoisotopic (exact) mass is 227 g/mol. The highest BCUT2D eigenvalue weighted by Gasteiger charge is 2.25. The van der Waals surface area contributed by atoms with E-state index in [1.165, 1.54) is 14.0 Å². The number of nitro groups is 1. The number of nitro benzene ring substituents is 1. The fraction of sp³-hybridized carbons (Fsp3) is 0.222. The Labute approximate surface area is 90.0 Å². The molecule has 16 heavy (non-hydrogen) atoms. The topological polar surface area (TPSA) is 110 Å². The normalized spacial score (nSPS) is 9.88. The Morgan fingerprint density at radius 3 is 2.50 bits per heavy atom. The molecule has 0 saturated heterocycles. The number of methoxy groups -OCH3 is 1. The zero-order valence-electron chi connectivity index (χ0n) is 8.55. The largest absolute Gasteiger partial charge is 0.502 e. The lowest BCUT2D eigenvalue weighted by Gasteiger charge is -2.09. The Morgan fingerprint density at radius 2 is 2.12 bits per heavy atom. The average Bonchev–Trinajstić information content (AvgIpc) is 2.20. The molecule has 0 aromatic heterocycles. The van der Waals surface area contributed by atoms with Crippen LogP contribution in [-0.2, 0) is 0 Å². The summed E-state index contributed by atoms with van der Waals surface area (Å²) in [6.07, 6.45) is 0. The van der Waals surface area contributed by atoms with Gasteiger partial charge < -0.3 is 14.9 Å². The van der Waals surface area contributed by atoms with Crippen LogP contribution < -0.4 is 4.74 Å². The van der Waals surface area contributed by atoms with E-state index in [4.69, 9.17) is 9.84 Å². The molecule has 0 spiro atoms. The molecule has 0 amide bonds. The van der Waals surface area contributed by atoms with E-state index in [9.17, 15) is 20.0 Å². The van der Waals surface area contributed by atoms with Crippen molar-refractivity contribution in [2.45, 2.75) is 6.92 Å². The van der Waals surface area contributed by atoms with Gasteiger partial charge >= 0.3 is 11.7 Å². The summed E-state index contributed by atoms with van der Waals surface area (Å²) in [6, 6.07) is 0.767. The van der Waals surface area contributed by atoms with Crippen molar-refractivity contribution in [2.24, 2.45) is 0 Å². The molecule has 7 nitrogen and oxygen atoms in total. The molecule has 1 aromatic carbocycles. The van der Waals surface area contributed by atoms with Gasteiger partial charge in [0, 0.05) is 11.6 Å². The van der Waals surface area contributed by atoms with E-state index in [0.29, 0.717) is 0 Å². The van der Waals surface area contributed by atoms with Gasteiger partial charge in [0.15, 0.2) is 0 Å². The Bertz CT molecular complexity index is 468. The van der Waals surface area contributed by atoms with Crippen LogP contribution in [0, 0.1) is 17.0 Å². The third-order valence-corrected chi connectivity index (χ3v) is 2.10. The van der Waals surface area contributed by atoms with Crippen LogP contribution in [0.4, 0.5) is 5.69 Å². The van der Waals surface area contributed by atoms with Gasteiger partial charge in [0.25, 0.3) is 0 Å². The maximum absolute atomic E-state index is 10.8. The number of hydrogen-bond acceptors (Lipinski definition) is 5. The Morgan fingerprint density at radius 1 is 1.56 bits per heavy atom. The smallest absolute Gasteiger partial charge is 0.339 e. The summed E-state index contributed by atoms with van der Waals surface area (Å²) in [5.41, 5.74) is -0.991. The number of rotatable bonds is 3. The van der Waals surface area contributed by atoms with E-state index in [1.807, 2.05) is 0 Å². The number of benzene rings is 1. The molecule has 1 rings (SSSR count). The van der Waals surface area contributed by atoms with Crippen molar-refractivity contribution in [3.8, 4) is 11.5 Å². The SMILES string of the molecule is COc1c(C(=O)O)cc([N+](=O)[O-])c(O)c1C. The Kier molecular flexibility index (Phi) is 2.98. The summed E-state index contributed by atoms with van der Waals surface area (Å²) in [4.78, 5) is 20.5. The zero-order valence-corrected chi connectivity index (χ0v) is 8.55. The number of carboxylic acid groups (broad SMARTS) is 1. The van der Waals surface area contributed by atoms with Gasteiger partial charge in [-0.1, -0.05) is 0 Å². The fourth-order valence-corrected chi connectivity index (χ4v) is 1.33. The maximum atomic E-state index is 10.8. The molecule has 7 heteroatoms. The summed E-state index contributed by atoms with van der Waals surface area (Å²) in [5, 5.41) is 28.9. The Hall–Kier alpha value is -2.31. The van der Waals surface area contributed by atoms with Crippen LogP contribution in [0.15, 0.2) is 6.07 Å². The second-order valence-electron chi connectivity index (χ2n) is 3.01. The molecule has 0 aliphatic heterocycles. The number of nitrogens with zero attached hydrogens (tertiary/aromatic N) is 1. The summed E-state index contributed by atoms with van der Waals surface area (Å²) in [5.74, 6) is -2.04. The molecule has 0 heterocycles. The van der Waals surface area contributed by atoms with Gasteiger partial charge in [0.1, 0.15) is 11.3 Å². The molecule has 0 aliphatic carbocycles.